The Bertz CT molecular complexity index is 566. The van der Waals surface area contributed by atoms with Gasteiger partial charge < -0.3 is 10.1 Å². The number of anilines is 1. The van der Waals surface area contributed by atoms with Crippen LogP contribution in [0.2, 0.25) is 5.02 Å². The van der Waals surface area contributed by atoms with Crippen molar-refractivity contribution in [2.45, 2.75) is 26.7 Å². The van der Waals surface area contributed by atoms with Crippen LogP contribution in [0.4, 0.5) is 5.69 Å². The minimum absolute atomic E-state index is 0.754. The molecule has 0 bridgehead atoms. The van der Waals surface area contributed by atoms with Crippen molar-refractivity contribution in [3.63, 3.8) is 0 Å². The first-order chi connectivity index (χ1) is 10.1. The smallest absolute Gasteiger partial charge is 0.119 e. The van der Waals surface area contributed by atoms with Gasteiger partial charge in [0, 0.05) is 17.3 Å². The van der Waals surface area contributed by atoms with Crippen LogP contribution >= 0.6 is 11.6 Å². The topological polar surface area (TPSA) is 21.3 Å². The van der Waals surface area contributed by atoms with Gasteiger partial charge in [-0.2, -0.15) is 0 Å². The molecule has 0 aliphatic carbocycles. The van der Waals surface area contributed by atoms with Crippen molar-refractivity contribution in [1.82, 2.24) is 0 Å². The van der Waals surface area contributed by atoms with E-state index >= 15 is 0 Å². The third kappa shape index (κ3) is 5.31. The number of hydrogen-bond acceptors (Lipinski definition) is 2. The predicted molar refractivity (Wildman–Crippen MR) is 90.6 cm³/mol. The van der Waals surface area contributed by atoms with Gasteiger partial charge in [-0.3, -0.25) is 0 Å². The molecule has 0 aliphatic rings. The summed E-state index contributed by atoms with van der Waals surface area (Å²) < 4.78 is 5.71. The lowest BCUT2D eigenvalue weighted by molar-refractivity contribution is 0.308. The van der Waals surface area contributed by atoms with Crippen LogP contribution in [0.1, 0.15) is 24.0 Å². The molecule has 112 valence electrons. The van der Waals surface area contributed by atoms with Crippen LogP contribution in [0.25, 0.3) is 0 Å². The monoisotopic (exact) mass is 303 g/mol. The number of nitrogens with one attached hydrogen (secondary N) is 1. The number of unbranched alkanes of at least 4 members (excludes halogenated alkanes) is 1. The third-order valence-electron chi connectivity index (χ3n) is 3.36. The van der Waals surface area contributed by atoms with Crippen molar-refractivity contribution in [3.8, 4) is 5.75 Å². The van der Waals surface area contributed by atoms with E-state index in [1.54, 1.807) is 0 Å². The summed E-state index contributed by atoms with van der Waals surface area (Å²) >= 11 is 5.94. The van der Waals surface area contributed by atoms with Crippen LogP contribution < -0.4 is 10.1 Å². The second-order valence-corrected chi connectivity index (χ2v) is 5.69. The quantitative estimate of drug-likeness (QED) is 0.707. The number of halogens is 1. The first-order valence-corrected chi connectivity index (χ1v) is 7.72. The van der Waals surface area contributed by atoms with Gasteiger partial charge in [-0.15, -0.1) is 0 Å². The molecule has 0 fully saturated rings. The van der Waals surface area contributed by atoms with Crippen molar-refractivity contribution in [2.24, 2.45) is 0 Å². The van der Waals surface area contributed by atoms with Crippen molar-refractivity contribution < 1.29 is 4.74 Å². The highest BCUT2D eigenvalue weighted by Gasteiger charge is 1.98. The highest BCUT2D eigenvalue weighted by atomic mass is 35.5. The van der Waals surface area contributed by atoms with E-state index in [1.165, 1.54) is 11.1 Å². The fourth-order valence-electron chi connectivity index (χ4n) is 2.10. The van der Waals surface area contributed by atoms with E-state index in [-0.39, 0.29) is 0 Å². The van der Waals surface area contributed by atoms with Crippen LogP contribution in [-0.4, -0.2) is 13.2 Å². The Morgan fingerprint density at radius 2 is 1.76 bits per heavy atom. The maximum atomic E-state index is 5.94. The van der Waals surface area contributed by atoms with Gasteiger partial charge in [-0.25, -0.2) is 0 Å². The zero-order valence-electron chi connectivity index (χ0n) is 12.7. The van der Waals surface area contributed by atoms with E-state index in [0.717, 1.165) is 42.5 Å². The zero-order chi connectivity index (χ0) is 15.1. The van der Waals surface area contributed by atoms with Crippen LogP contribution in [0.15, 0.2) is 42.5 Å². The molecular formula is C18H22ClNO. The molecule has 2 nitrogen and oxygen atoms in total. The molecule has 0 aromatic heterocycles. The summed E-state index contributed by atoms with van der Waals surface area (Å²) in [6, 6.07) is 14.1. The highest BCUT2D eigenvalue weighted by Crippen LogP contribution is 2.19. The van der Waals surface area contributed by atoms with Gasteiger partial charge >= 0.3 is 0 Å². The molecule has 0 radical (unpaired) electrons. The third-order valence-corrected chi connectivity index (χ3v) is 3.60. The standard InChI is InChI=1S/C18H22ClNO/c1-14-5-8-17(9-6-14)21-12-4-3-11-20-18-10-7-16(19)13-15(18)2/h5-10,13,20H,3-4,11-12H2,1-2H3. The maximum absolute atomic E-state index is 5.94. The van der Waals surface area contributed by atoms with Crippen LogP contribution in [-0.2, 0) is 0 Å². The van der Waals surface area contributed by atoms with Crippen molar-refractivity contribution in [3.05, 3.63) is 58.6 Å². The fourth-order valence-corrected chi connectivity index (χ4v) is 2.33. The summed E-state index contributed by atoms with van der Waals surface area (Å²) in [6.07, 6.45) is 2.11. The molecule has 0 saturated carbocycles. The summed E-state index contributed by atoms with van der Waals surface area (Å²) in [7, 11) is 0. The maximum Gasteiger partial charge on any atom is 0.119 e. The van der Waals surface area contributed by atoms with E-state index in [9.17, 15) is 0 Å². The van der Waals surface area contributed by atoms with Crippen LogP contribution in [0.5, 0.6) is 5.75 Å². The Morgan fingerprint density at radius 1 is 1.00 bits per heavy atom. The van der Waals surface area contributed by atoms with Crippen molar-refractivity contribution in [1.29, 1.82) is 0 Å². The highest BCUT2D eigenvalue weighted by molar-refractivity contribution is 6.30. The second kappa shape index (κ2) is 7.94. The summed E-state index contributed by atoms with van der Waals surface area (Å²) in [4.78, 5) is 0. The average molecular weight is 304 g/mol. The average Bonchev–Trinajstić information content (AvgIpc) is 2.46. The molecular weight excluding hydrogens is 282 g/mol. The Hall–Kier alpha value is -1.67. The summed E-state index contributed by atoms with van der Waals surface area (Å²) in [5.74, 6) is 0.946. The predicted octanol–water partition coefficient (Wildman–Crippen LogP) is 5.23. The minimum Gasteiger partial charge on any atom is -0.494 e. The number of aryl methyl sites for hydroxylation is 2. The van der Waals surface area contributed by atoms with Gasteiger partial charge in [0.1, 0.15) is 5.75 Å². The van der Waals surface area contributed by atoms with Crippen LogP contribution in [0.3, 0.4) is 0 Å². The number of benzene rings is 2. The zero-order valence-corrected chi connectivity index (χ0v) is 13.4. The van der Waals surface area contributed by atoms with Crippen molar-refractivity contribution >= 4 is 17.3 Å². The van der Waals surface area contributed by atoms with E-state index in [4.69, 9.17) is 16.3 Å². The SMILES string of the molecule is Cc1ccc(OCCCCNc2ccc(Cl)cc2C)cc1. The fraction of sp³-hybridized carbons (Fsp3) is 0.333. The first-order valence-electron chi connectivity index (χ1n) is 7.34. The molecule has 2 aromatic rings. The Kier molecular flexibility index (Phi) is 5.94. The number of rotatable bonds is 7. The summed E-state index contributed by atoms with van der Waals surface area (Å²) in [5, 5.41) is 4.21. The normalized spacial score (nSPS) is 10.4. The number of ether oxygens (including phenoxy) is 1. The number of hydrogen-bond donors (Lipinski definition) is 1. The summed E-state index contributed by atoms with van der Waals surface area (Å²) in [6.45, 7) is 5.84. The van der Waals surface area contributed by atoms with Crippen molar-refractivity contribution in [2.75, 3.05) is 18.5 Å². The molecule has 0 aliphatic heterocycles. The van der Waals surface area contributed by atoms with E-state index in [1.807, 2.05) is 30.3 Å². The van der Waals surface area contributed by atoms with Gasteiger partial charge in [-0.05, 0) is 62.6 Å². The van der Waals surface area contributed by atoms with E-state index in [2.05, 4.69) is 31.3 Å². The second-order valence-electron chi connectivity index (χ2n) is 5.25. The molecule has 2 aromatic carbocycles. The van der Waals surface area contributed by atoms with Gasteiger partial charge in [0.2, 0.25) is 0 Å². The molecule has 0 amide bonds. The molecule has 0 atom stereocenters. The Labute approximate surface area is 132 Å². The Balaban J connectivity index is 1.63. The summed E-state index contributed by atoms with van der Waals surface area (Å²) in [5.41, 5.74) is 3.59. The van der Waals surface area contributed by atoms with Gasteiger partial charge in [0.25, 0.3) is 0 Å². The van der Waals surface area contributed by atoms with Gasteiger partial charge in [0.05, 0.1) is 6.61 Å². The molecule has 1 N–H and O–H groups in total. The molecule has 0 spiro atoms. The van der Waals surface area contributed by atoms with Crippen LogP contribution in [0, 0.1) is 13.8 Å². The van der Waals surface area contributed by atoms with E-state index in [0.29, 0.717) is 0 Å². The largest absolute Gasteiger partial charge is 0.494 e. The molecule has 21 heavy (non-hydrogen) atoms. The molecule has 0 unspecified atom stereocenters. The van der Waals surface area contributed by atoms with Gasteiger partial charge in [-0.1, -0.05) is 29.3 Å². The molecule has 2 rings (SSSR count). The molecule has 0 saturated heterocycles. The minimum atomic E-state index is 0.754. The molecule has 3 heteroatoms. The van der Waals surface area contributed by atoms with E-state index < -0.39 is 0 Å². The van der Waals surface area contributed by atoms with Gasteiger partial charge in [0.15, 0.2) is 0 Å². The lowest BCUT2D eigenvalue weighted by atomic mass is 10.2. The first kappa shape index (κ1) is 15.7. The molecule has 0 heterocycles. The lowest BCUT2D eigenvalue weighted by Crippen LogP contribution is -2.05. The lowest BCUT2D eigenvalue weighted by Gasteiger charge is -2.10. The Morgan fingerprint density at radius 3 is 2.48 bits per heavy atom.